The molecule has 1 aromatic carbocycles. The largest absolute Gasteiger partial charge is 0.339 e. The highest BCUT2D eigenvalue weighted by Gasteiger charge is 2.30. The highest BCUT2D eigenvalue weighted by Crippen LogP contribution is 2.27. The van der Waals surface area contributed by atoms with Gasteiger partial charge in [-0.05, 0) is 37.1 Å². The molecule has 0 spiro atoms. The van der Waals surface area contributed by atoms with Crippen LogP contribution in [0.4, 0.5) is 8.78 Å². The summed E-state index contributed by atoms with van der Waals surface area (Å²) in [4.78, 5) is 29.0. The third-order valence-corrected chi connectivity index (χ3v) is 5.63. The van der Waals surface area contributed by atoms with Gasteiger partial charge in [0.2, 0.25) is 5.91 Å². The molecular formula is C18H22F2N2O2S. The summed E-state index contributed by atoms with van der Waals surface area (Å²) in [6.07, 6.45) is 4.24. The second-order valence-corrected chi connectivity index (χ2v) is 7.57. The van der Waals surface area contributed by atoms with E-state index in [2.05, 4.69) is 0 Å². The molecule has 7 heteroatoms. The summed E-state index contributed by atoms with van der Waals surface area (Å²) in [7, 11) is 0. The van der Waals surface area contributed by atoms with Gasteiger partial charge in [-0.1, -0.05) is 24.6 Å². The number of alkyl halides is 2. The first-order chi connectivity index (χ1) is 12.0. The van der Waals surface area contributed by atoms with Gasteiger partial charge in [0.1, 0.15) is 0 Å². The third-order valence-electron chi connectivity index (χ3n) is 4.91. The lowest BCUT2D eigenvalue weighted by atomic mass is 10.1. The van der Waals surface area contributed by atoms with E-state index in [1.807, 2.05) is 4.90 Å². The maximum Gasteiger partial charge on any atom is 0.288 e. The summed E-state index contributed by atoms with van der Waals surface area (Å²) >= 11 is 0.468. The van der Waals surface area contributed by atoms with Crippen LogP contribution < -0.4 is 0 Å². The van der Waals surface area contributed by atoms with Gasteiger partial charge >= 0.3 is 0 Å². The first-order valence-corrected chi connectivity index (χ1v) is 9.55. The van der Waals surface area contributed by atoms with Crippen LogP contribution >= 0.6 is 11.8 Å². The second-order valence-electron chi connectivity index (χ2n) is 6.50. The molecule has 4 nitrogen and oxygen atoms in total. The average Bonchev–Trinajstić information content (AvgIpc) is 3.15. The molecule has 2 fully saturated rings. The zero-order valence-electron chi connectivity index (χ0n) is 14.0. The smallest absolute Gasteiger partial charge is 0.288 e. The summed E-state index contributed by atoms with van der Waals surface area (Å²) in [5, 5.41) is 0. The maximum absolute atomic E-state index is 12.5. The van der Waals surface area contributed by atoms with Crippen LogP contribution in [0.3, 0.4) is 0 Å². The number of rotatable bonds is 4. The Labute approximate surface area is 150 Å². The van der Waals surface area contributed by atoms with Gasteiger partial charge in [-0.3, -0.25) is 9.59 Å². The summed E-state index contributed by atoms with van der Waals surface area (Å²) in [6.45, 7) is 2.18. The highest BCUT2D eigenvalue weighted by molar-refractivity contribution is 7.99. The van der Waals surface area contributed by atoms with Crippen molar-refractivity contribution in [3.8, 4) is 0 Å². The minimum atomic E-state index is -2.47. The molecule has 1 heterocycles. The number of hydrogen-bond acceptors (Lipinski definition) is 3. The van der Waals surface area contributed by atoms with Crippen LogP contribution in [0.5, 0.6) is 0 Å². The van der Waals surface area contributed by atoms with Crippen molar-refractivity contribution in [2.45, 2.75) is 36.3 Å². The lowest BCUT2D eigenvalue weighted by molar-refractivity contribution is -0.136. The van der Waals surface area contributed by atoms with Crippen LogP contribution in [-0.4, -0.2) is 53.6 Å². The van der Waals surface area contributed by atoms with Crippen LogP contribution in [0.25, 0.3) is 0 Å². The van der Waals surface area contributed by atoms with E-state index in [9.17, 15) is 18.4 Å². The quantitative estimate of drug-likeness (QED) is 0.764. The van der Waals surface area contributed by atoms with Crippen LogP contribution in [0.15, 0.2) is 29.2 Å². The Kier molecular flexibility index (Phi) is 5.93. The SMILES string of the molecule is O=C(c1ccc(SC(F)F)cc1)N1CCN(C(=O)C2CCCC2)CC1. The summed E-state index contributed by atoms with van der Waals surface area (Å²) in [6, 6.07) is 6.26. The number of nitrogens with zero attached hydrogens (tertiary/aromatic N) is 2. The van der Waals surface area contributed by atoms with Gasteiger partial charge < -0.3 is 9.80 Å². The van der Waals surface area contributed by atoms with Gasteiger partial charge in [0.15, 0.2) is 0 Å². The minimum absolute atomic E-state index is 0.110. The van der Waals surface area contributed by atoms with Crippen molar-refractivity contribution in [2.75, 3.05) is 26.2 Å². The van der Waals surface area contributed by atoms with Gasteiger partial charge in [-0.2, -0.15) is 8.78 Å². The maximum atomic E-state index is 12.5. The van der Waals surface area contributed by atoms with Gasteiger partial charge in [0, 0.05) is 42.6 Å². The lowest BCUT2D eigenvalue weighted by Crippen LogP contribution is -2.51. The van der Waals surface area contributed by atoms with E-state index in [1.54, 1.807) is 29.2 Å². The third kappa shape index (κ3) is 4.51. The van der Waals surface area contributed by atoms with Crippen LogP contribution in [-0.2, 0) is 4.79 Å². The molecule has 2 aliphatic rings. The molecule has 3 rings (SSSR count). The number of amides is 2. The molecule has 1 saturated carbocycles. The van der Waals surface area contributed by atoms with Crippen molar-refractivity contribution in [3.63, 3.8) is 0 Å². The standard InChI is InChI=1S/C18H22F2N2O2S/c19-18(20)25-15-7-5-14(6-8-15)17(24)22-11-9-21(10-12-22)16(23)13-3-1-2-4-13/h5-8,13,18H,1-4,9-12H2. The highest BCUT2D eigenvalue weighted by atomic mass is 32.2. The van der Waals surface area contributed by atoms with Crippen molar-refractivity contribution in [3.05, 3.63) is 29.8 Å². The zero-order valence-corrected chi connectivity index (χ0v) is 14.8. The predicted molar refractivity (Wildman–Crippen MR) is 92.7 cm³/mol. The molecule has 0 unspecified atom stereocenters. The molecule has 1 aliphatic heterocycles. The van der Waals surface area contributed by atoms with E-state index in [0.717, 1.165) is 25.7 Å². The Balaban J connectivity index is 1.53. The Hall–Kier alpha value is -1.63. The first kappa shape index (κ1) is 18.2. The number of thioether (sulfide) groups is 1. The van der Waals surface area contributed by atoms with Gasteiger partial charge in [-0.25, -0.2) is 0 Å². The van der Waals surface area contributed by atoms with Crippen molar-refractivity contribution < 1.29 is 18.4 Å². The molecule has 2 amide bonds. The first-order valence-electron chi connectivity index (χ1n) is 8.67. The number of carbonyl (C=O) groups is 2. The molecule has 0 atom stereocenters. The van der Waals surface area contributed by atoms with Crippen molar-refractivity contribution >= 4 is 23.6 Å². The number of carbonyl (C=O) groups excluding carboxylic acids is 2. The zero-order chi connectivity index (χ0) is 17.8. The van der Waals surface area contributed by atoms with E-state index >= 15 is 0 Å². The minimum Gasteiger partial charge on any atom is -0.339 e. The van der Waals surface area contributed by atoms with Crippen LogP contribution in [0, 0.1) is 5.92 Å². The summed E-state index contributed by atoms with van der Waals surface area (Å²) in [5.41, 5.74) is 0.495. The van der Waals surface area contributed by atoms with E-state index in [1.165, 1.54) is 0 Å². The lowest BCUT2D eigenvalue weighted by Gasteiger charge is -2.36. The summed E-state index contributed by atoms with van der Waals surface area (Å²) in [5.74, 6) is -2.17. The fourth-order valence-electron chi connectivity index (χ4n) is 3.52. The Bertz CT molecular complexity index is 610. The van der Waals surface area contributed by atoms with Crippen molar-refractivity contribution in [1.29, 1.82) is 0 Å². The van der Waals surface area contributed by atoms with E-state index < -0.39 is 5.76 Å². The van der Waals surface area contributed by atoms with E-state index in [-0.39, 0.29) is 17.7 Å². The number of hydrogen-bond donors (Lipinski definition) is 0. The molecule has 25 heavy (non-hydrogen) atoms. The second kappa shape index (κ2) is 8.17. The normalized spacial score (nSPS) is 18.8. The fraction of sp³-hybridized carbons (Fsp3) is 0.556. The number of piperazine rings is 1. The molecule has 0 radical (unpaired) electrons. The van der Waals surface area contributed by atoms with Crippen LogP contribution in [0.1, 0.15) is 36.0 Å². The van der Waals surface area contributed by atoms with Crippen molar-refractivity contribution in [2.24, 2.45) is 5.92 Å². The number of halogens is 2. The molecule has 0 aromatic heterocycles. The van der Waals surface area contributed by atoms with Gasteiger partial charge in [-0.15, -0.1) is 0 Å². The van der Waals surface area contributed by atoms with E-state index in [4.69, 9.17) is 0 Å². The van der Waals surface area contributed by atoms with Crippen molar-refractivity contribution in [1.82, 2.24) is 9.80 Å². The molecule has 1 saturated heterocycles. The summed E-state index contributed by atoms with van der Waals surface area (Å²) < 4.78 is 24.7. The molecule has 0 N–H and O–H groups in total. The average molecular weight is 368 g/mol. The molecule has 1 aliphatic carbocycles. The molecule has 136 valence electrons. The Morgan fingerprint density at radius 1 is 0.960 bits per heavy atom. The Morgan fingerprint density at radius 2 is 1.52 bits per heavy atom. The Morgan fingerprint density at radius 3 is 2.08 bits per heavy atom. The fourth-order valence-corrected chi connectivity index (χ4v) is 4.02. The molecule has 0 bridgehead atoms. The van der Waals surface area contributed by atoms with Gasteiger partial charge in [0.25, 0.3) is 11.7 Å². The number of benzene rings is 1. The molecular weight excluding hydrogens is 346 g/mol. The van der Waals surface area contributed by atoms with Gasteiger partial charge in [0.05, 0.1) is 0 Å². The molecule has 1 aromatic rings. The van der Waals surface area contributed by atoms with E-state index in [0.29, 0.717) is 48.4 Å². The topological polar surface area (TPSA) is 40.6 Å². The predicted octanol–water partition coefficient (Wildman–Crippen LogP) is 3.48. The van der Waals surface area contributed by atoms with Crippen LogP contribution in [0.2, 0.25) is 0 Å². The monoisotopic (exact) mass is 368 g/mol.